The molecule has 1 aliphatic heterocycles. The lowest BCUT2D eigenvalue weighted by atomic mass is 10.1. The predicted molar refractivity (Wildman–Crippen MR) is 150 cm³/mol. The number of nitrogens with zero attached hydrogens (tertiary/aromatic N) is 5. The molecule has 0 unspecified atom stereocenters. The molecule has 1 atom stereocenters. The first-order valence-corrected chi connectivity index (χ1v) is 14.8. The zero-order valence-electron chi connectivity index (χ0n) is 22.7. The van der Waals surface area contributed by atoms with Gasteiger partial charge in [0.15, 0.2) is 28.9 Å². The van der Waals surface area contributed by atoms with Crippen LogP contribution in [-0.4, -0.2) is 45.6 Å². The topological polar surface area (TPSA) is 116 Å². The maximum absolute atomic E-state index is 14.7. The fraction of sp³-hybridized carbons (Fsp3) is 0.207. The van der Waals surface area contributed by atoms with Crippen molar-refractivity contribution >= 4 is 26.9 Å². The molecule has 3 heterocycles. The molecule has 2 aromatic heterocycles. The Morgan fingerprint density at radius 1 is 0.909 bits per heavy atom. The van der Waals surface area contributed by atoms with Crippen LogP contribution in [0.25, 0.3) is 22.3 Å². The predicted octanol–water partition coefficient (Wildman–Crippen LogP) is 5.92. The summed E-state index contributed by atoms with van der Waals surface area (Å²) in [6.07, 6.45) is 1.84. The summed E-state index contributed by atoms with van der Waals surface area (Å²) >= 11 is 0. The molecule has 2 N–H and O–H groups in total. The van der Waals surface area contributed by atoms with E-state index in [9.17, 15) is 30.4 Å². The molecule has 0 aliphatic carbocycles. The quantitative estimate of drug-likeness (QED) is 0.135. The van der Waals surface area contributed by atoms with Crippen LogP contribution < -0.4 is 10.5 Å². The molecule has 1 saturated heterocycles. The van der Waals surface area contributed by atoms with Crippen LogP contribution in [0.2, 0.25) is 0 Å². The average molecular weight is 631 g/mol. The number of nitrogens with two attached hydrogens (primary N) is 1. The van der Waals surface area contributed by atoms with E-state index in [1.165, 1.54) is 11.0 Å². The maximum atomic E-state index is 14.7. The molecular formula is C29H23F5N6O3S. The number of halogens is 5. The van der Waals surface area contributed by atoms with Crippen molar-refractivity contribution in [1.29, 1.82) is 0 Å². The first kappa shape index (κ1) is 29.4. The fourth-order valence-corrected chi connectivity index (χ4v) is 7.04. The standard InChI is InChI=1S/C29H23F5N6O3S/c30-13-20-22(31)23(32)24(33)25(34)27(20)44(41,42)39-12-4-5-17(14-39)40-29-21(28(35)36-15-37-29)26(38-40)16-8-10-19(11-9-16)43-18-6-2-1-3-7-18/h1-3,6-11,15,17H,4-5,12-14H2,(H2,35,36,37)/t17-/m0/s1. The molecule has 3 aromatic carbocycles. The van der Waals surface area contributed by atoms with Crippen molar-refractivity contribution in [3.63, 3.8) is 0 Å². The van der Waals surface area contributed by atoms with Crippen molar-refractivity contribution in [2.45, 2.75) is 30.5 Å². The lowest BCUT2D eigenvalue weighted by Gasteiger charge is -2.32. The summed E-state index contributed by atoms with van der Waals surface area (Å²) in [6, 6.07) is 15.5. The number of fused-ring (bicyclic) bond motifs is 1. The van der Waals surface area contributed by atoms with Crippen LogP contribution in [0.4, 0.5) is 27.8 Å². The van der Waals surface area contributed by atoms with Gasteiger partial charge < -0.3 is 10.5 Å². The van der Waals surface area contributed by atoms with Gasteiger partial charge in [-0.05, 0) is 49.2 Å². The van der Waals surface area contributed by atoms with Gasteiger partial charge in [0.25, 0.3) is 0 Å². The smallest absolute Gasteiger partial charge is 0.246 e. The second kappa shape index (κ2) is 11.5. The summed E-state index contributed by atoms with van der Waals surface area (Å²) in [5.74, 6) is -7.60. The van der Waals surface area contributed by atoms with Gasteiger partial charge in [-0.1, -0.05) is 18.2 Å². The molecule has 15 heteroatoms. The SMILES string of the molecule is Nc1ncnc2c1c(-c1ccc(Oc3ccccc3)cc1)nn2[C@H]1CCCN(S(=O)(=O)c2c(F)c(F)c(F)c(F)c2CF)C1. The Kier molecular flexibility index (Phi) is 7.67. The fourth-order valence-electron chi connectivity index (χ4n) is 5.27. The molecule has 6 rings (SSSR count). The van der Waals surface area contributed by atoms with Crippen molar-refractivity contribution < 1.29 is 35.1 Å². The minimum absolute atomic E-state index is 0.119. The highest BCUT2D eigenvalue weighted by atomic mass is 32.2. The second-order valence-electron chi connectivity index (χ2n) is 10.0. The summed E-state index contributed by atoms with van der Waals surface area (Å²) in [7, 11) is -5.02. The molecular weight excluding hydrogens is 607 g/mol. The zero-order valence-corrected chi connectivity index (χ0v) is 23.5. The largest absolute Gasteiger partial charge is 0.457 e. The number of alkyl halides is 1. The minimum Gasteiger partial charge on any atom is -0.457 e. The Morgan fingerprint density at radius 3 is 2.30 bits per heavy atom. The van der Waals surface area contributed by atoms with Gasteiger partial charge in [-0.15, -0.1) is 0 Å². The third-order valence-corrected chi connectivity index (χ3v) is 9.33. The molecule has 0 spiro atoms. The molecule has 0 saturated carbocycles. The molecule has 1 aliphatic rings. The van der Waals surface area contributed by atoms with E-state index in [1.807, 2.05) is 30.3 Å². The molecule has 0 bridgehead atoms. The van der Waals surface area contributed by atoms with E-state index in [4.69, 9.17) is 15.6 Å². The Hall–Kier alpha value is -4.63. The highest BCUT2D eigenvalue weighted by molar-refractivity contribution is 7.89. The number of aromatic nitrogens is 4. The van der Waals surface area contributed by atoms with Crippen molar-refractivity contribution in [2.75, 3.05) is 18.8 Å². The van der Waals surface area contributed by atoms with Gasteiger partial charge in [0, 0.05) is 24.2 Å². The Morgan fingerprint density at radius 2 is 1.59 bits per heavy atom. The number of hydrogen-bond donors (Lipinski definition) is 1. The summed E-state index contributed by atoms with van der Waals surface area (Å²) < 4.78 is 106. The van der Waals surface area contributed by atoms with E-state index < -0.39 is 56.5 Å². The summed E-state index contributed by atoms with van der Waals surface area (Å²) in [5.41, 5.74) is 6.11. The first-order chi connectivity index (χ1) is 21.1. The van der Waals surface area contributed by atoms with Gasteiger partial charge >= 0.3 is 0 Å². The van der Waals surface area contributed by atoms with Crippen LogP contribution in [0.1, 0.15) is 24.4 Å². The van der Waals surface area contributed by atoms with Crippen molar-refractivity contribution in [3.05, 3.63) is 89.8 Å². The number of sulfonamides is 1. The van der Waals surface area contributed by atoms with Gasteiger partial charge in [0.05, 0.1) is 11.4 Å². The highest BCUT2D eigenvalue weighted by Gasteiger charge is 2.39. The van der Waals surface area contributed by atoms with E-state index in [2.05, 4.69) is 9.97 Å². The Balaban J connectivity index is 1.36. The van der Waals surface area contributed by atoms with Gasteiger partial charge in [-0.2, -0.15) is 9.40 Å². The number of hydrogen-bond acceptors (Lipinski definition) is 7. The molecule has 228 valence electrons. The van der Waals surface area contributed by atoms with Crippen LogP contribution >= 0.6 is 0 Å². The minimum atomic E-state index is -5.02. The van der Waals surface area contributed by atoms with E-state index in [0.29, 0.717) is 34.6 Å². The monoisotopic (exact) mass is 630 g/mol. The Bertz CT molecular complexity index is 1970. The van der Waals surface area contributed by atoms with Gasteiger partial charge in [0.2, 0.25) is 10.0 Å². The van der Waals surface area contributed by atoms with Gasteiger partial charge in [-0.3, -0.25) is 0 Å². The molecule has 9 nitrogen and oxygen atoms in total. The number of rotatable bonds is 7. The number of piperidine rings is 1. The van der Waals surface area contributed by atoms with Crippen molar-refractivity contribution in [3.8, 4) is 22.8 Å². The van der Waals surface area contributed by atoms with Crippen molar-refractivity contribution in [1.82, 2.24) is 24.1 Å². The third-order valence-electron chi connectivity index (χ3n) is 7.38. The Labute approximate surface area is 247 Å². The number of anilines is 1. The molecule has 5 aromatic rings. The van der Waals surface area contributed by atoms with Gasteiger partial charge in [0.1, 0.15) is 40.9 Å². The third kappa shape index (κ3) is 5.01. The normalized spacial score (nSPS) is 16.0. The molecule has 1 fully saturated rings. The summed E-state index contributed by atoms with van der Waals surface area (Å²) in [4.78, 5) is 6.82. The van der Waals surface area contributed by atoms with Gasteiger partial charge in [-0.25, -0.2) is 45.0 Å². The van der Waals surface area contributed by atoms with Crippen LogP contribution in [0.15, 0.2) is 65.8 Å². The van der Waals surface area contributed by atoms with E-state index >= 15 is 0 Å². The van der Waals surface area contributed by atoms with Crippen LogP contribution in [0.5, 0.6) is 11.5 Å². The van der Waals surface area contributed by atoms with Crippen LogP contribution in [0.3, 0.4) is 0 Å². The van der Waals surface area contributed by atoms with E-state index in [-0.39, 0.29) is 31.0 Å². The number of nitrogen functional groups attached to an aromatic ring is 1. The van der Waals surface area contributed by atoms with Crippen LogP contribution in [-0.2, 0) is 16.7 Å². The molecule has 44 heavy (non-hydrogen) atoms. The van der Waals surface area contributed by atoms with E-state index in [0.717, 1.165) is 4.31 Å². The number of para-hydroxylation sites is 1. The lowest BCUT2D eigenvalue weighted by molar-refractivity contribution is 0.256. The number of benzene rings is 3. The summed E-state index contributed by atoms with van der Waals surface area (Å²) in [6.45, 7) is -2.38. The average Bonchev–Trinajstić information content (AvgIpc) is 3.43. The second-order valence-corrected chi connectivity index (χ2v) is 11.9. The number of ether oxygens (including phenoxy) is 1. The van der Waals surface area contributed by atoms with E-state index in [1.54, 1.807) is 24.3 Å². The maximum Gasteiger partial charge on any atom is 0.246 e. The van der Waals surface area contributed by atoms with Crippen LogP contribution in [0, 0.1) is 23.3 Å². The van der Waals surface area contributed by atoms with Crippen molar-refractivity contribution in [2.24, 2.45) is 0 Å². The highest BCUT2D eigenvalue weighted by Crippen LogP contribution is 2.37. The lowest BCUT2D eigenvalue weighted by Crippen LogP contribution is -2.41. The zero-order chi connectivity index (χ0) is 31.2. The molecule has 0 radical (unpaired) electrons. The first-order valence-electron chi connectivity index (χ1n) is 13.3. The molecule has 0 amide bonds. The summed E-state index contributed by atoms with van der Waals surface area (Å²) in [5, 5.41) is 5.11.